The molecule has 12 aromatic rings. The summed E-state index contributed by atoms with van der Waals surface area (Å²) in [7, 11) is 0. The zero-order valence-corrected chi connectivity index (χ0v) is 38.9. The molecule has 0 atom stereocenters. The summed E-state index contributed by atoms with van der Waals surface area (Å²) in [5.74, 6) is -0.262. The molecule has 71 heavy (non-hydrogen) atoms. The van der Waals surface area contributed by atoms with Gasteiger partial charge in [-0.1, -0.05) is 224 Å². The molecule has 334 valence electrons. The fourth-order valence-electron chi connectivity index (χ4n) is 11.5. The molecule has 1 nitrogen and oxygen atoms in total. The number of nitrogens with zero attached hydrogens (tertiary/aromatic N) is 1. The number of fused-ring (bicyclic) bond motifs is 6. The first kappa shape index (κ1) is 42.0. The third kappa shape index (κ3) is 7.06. The van der Waals surface area contributed by atoms with E-state index in [4.69, 9.17) is 0 Å². The van der Waals surface area contributed by atoms with Gasteiger partial charge in [-0.2, -0.15) is 0 Å². The monoisotopic (exact) mass is 907 g/mol. The molecule has 1 aliphatic rings. The lowest BCUT2D eigenvalue weighted by molar-refractivity contribution is 0.628. The molecule has 2 heteroatoms. The molecule has 0 aromatic heterocycles. The van der Waals surface area contributed by atoms with Crippen LogP contribution in [0.3, 0.4) is 0 Å². The first-order valence-electron chi connectivity index (χ1n) is 24.3. The molecule has 0 aliphatic heterocycles. The summed E-state index contributed by atoms with van der Waals surface area (Å²) in [6, 6.07) is 94.9. The number of hydrogen-bond donors (Lipinski definition) is 0. The Bertz CT molecular complexity index is 3870. The average molecular weight is 908 g/mol. The van der Waals surface area contributed by atoms with E-state index in [9.17, 15) is 4.39 Å². The van der Waals surface area contributed by atoms with Gasteiger partial charge in [0.1, 0.15) is 5.82 Å². The van der Waals surface area contributed by atoms with Crippen LogP contribution in [0.5, 0.6) is 0 Å². The van der Waals surface area contributed by atoms with Crippen LogP contribution in [0, 0.1) is 5.82 Å². The topological polar surface area (TPSA) is 3.24 Å². The average Bonchev–Trinajstić information content (AvgIpc) is 3.73. The van der Waals surface area contributed by atoms with E-state index in [0.717, 1.165) is 28.2 Å². The fraction of sp³-hybridized carbons (Fsp3) is 0.0145. The zero-order valence-electron chi connectivity index (χ0n) is 38.9. The number of benzene rings is 12. The fourth-order valence-corrected chi connectivity index (χ4v) is 11.5. The van der Waals surface area contributed by atoms with E-state index in [1.165, 1.54) is 100 Å². The second-order valence-corrected chi connectivity index (χ2v) is 18.5. The summed E-state index contributed by atoms with van der Waals surface area (Å²) in [4.78, 5) is 2.22. The van der Waals surface area contributed by atoms with Gasteiger partial charge >= 0.3 is 0 Å². The number of rotatable bonds is 9. The lowest BCUT2D eigenvalue weighted by atomic mass is 9.67. The first-order chi connectivity index (χ1) is 35.1. The largest absolute Gasteiger partial charge is 0.310 e. The van der Waals surface area contributed by atoms with Gasteiger partial charge in [-0.25, -0.2) is 4.39 Å². The Morgan fingerprint density at radius 2 is 0.789 bits per heavy atom. The van der Waals surface area contributed by atoms with Crippen molar-refractivity contribution in [2.45, 2.75) is 5.41 Å². The molecule has 0 N–H and O–H groups in total. The quantitative estimate of drug-likeness (QED) is 0.103. The third-order valence-corrected chi connectivity index (χ3v) is 14.6. The lowest BCUT2D eigenvalue weighted by Crippen LogP contribution is -2.28. The molecule has 13 rings (SSSR count). The molecule has 0 saturated heterocycles. The molecule has 0 amide bonds. The van der Waals surface area contributed by atoms with E-state index in [1.807, 2.05) is 30.3 Å². The molecule has 0 unspecified atom stereocenters. The van der Waals surface area contributed by atoms with E-state index in [2.05, 4.69) is 242 Å². The van der Waals surface area contributed by atoms with E-state index in [0.29, 0.717) is 0 Å². The Kier molecular flexibility index (Phi) is 10.3. The Morgan fingerprint density at radius 1 is 0.324 bits per heavy atom. The minimum atomic E-state index is -0.630. The molecule has 0 fully saturated rings. The van der Waals surface area contributed by atoms with E-state index < -0.39 is 5.41 Å². The van der Waals surface area contributed by atoms with Crippen LogP contribution in [0.1, 0.15) is 33.4 Å². The molecule has 0 saturated carbocycles. The zero-order chi connectivity index (χ0) is 47.3. The smallest absolute Gasteiger partial charge is 0.123 e. The molecule has 12 aromatic carbocycles. The highest BCUT2D eigenvalue weighted by molar-refractivity contribution is 6.23. The summed E-state index contributed by atoms with van der Waals surface area (Å²) in [5.41, 5.74) is 16.7. The van der Waals surface area contributed by atoms with Gasteiger partial charge in [-0.15, -0.1) is 0 Å². The minimum Gasteiger partial charge on any atom is -0.310 e. The molecular formula is C69H46FN. The summed E-state index contributed by atoms with van der Waals surface area (Å²) in [6.45, 7) is 0. The summed E-state index contributed by atoms with van der Waals surface area (Å²) < 4.78 is 14.4. The van der Waals surface area contributed by atoms with Crippen LogP contribution in [0.2, 0.25) is 0 Å². The highest BCUT2D eigenvalue weighted by Crippen LogP contribution is 2.58. The minimum absolute atomic E-state index is 0.262. The van der Waals surface area contributed by atoms with Crippen molar-refractivity contribution in [3.05, 3.63) is 306 Å². The van der Waals surface area contributed by atoms with E-state index >= 15 is 0 Å². The van der Waals surface area contributed by atoms with Gasteiger partial charge in [0, 0.05) is 17.1 Å². The van der Waals surface area contributed by atoms with Gasteiger partial charge in [0.2, 0.25) is 0 Å². The van der Waals surface area contributed by atoms with Crippen LogP contribution < -0.4 is 4.90 Å². The summed E-state index contributed by atoms with van der Waals surface area (Å²) in [5, 5.41) is 7.49. The Balaban J connectivity index is 0.914. The van der Waals surface area contributed by atoms with Crippen LogP contribution in [-0.4, -0.2) is 0 Å². The van der Waals surface area contributed by atoms with Gasteiger partial charge in [0.05, 0.1) is 5.41 Å². The Morgan fingerprint density at radius 3 is 1.42 bits per heavy atom. The number of halogens is 1. The third-order valence-electron chi connectivity index (χ3n) is 14.6. The molecule has 0 radical (unpaired) electrons. The van der Waals surface area contributed by atoms with Crippen molar-refractivity contribution in [2.75, 3.05) is 4.90 Å². The normalized spacial score (nSPS) is 12.6. The predicted molar refractivity (Wildman–Crippen MR) is 297 cm³/mol. The van der Waals surface area contributed by atoms with Crippen molar-refractivity contribution in [1.29, 1.82) is 0 Å². The number of anilines is 3. The molecule has 0 bridgehead atoms. The van der Waals surface area contributed by atoms with Crippen molar-refractivity contribution in [1.82, 2.24) is 0 Å². The maximum Gasteiger partial charge on any atom is 0.123 e. The van der Waals surface area contributed by atoms with Crippen LogP contribution in [0.4, 0.5) is 21.5 Å². The van der Waals surface area contributed by atoms with Crippen molar-refractivity contribution >= 4 is 61.5 Å². The maximum absolute atomic E-state index is 14.4. The summed E-state index contributed by atoms with van der Waals surface area (Å²) in [6.07, 6.45) is 4.48. The highest BCUT2D eigenvalue weighted by Gasteiger charge is 2.46. The predicted octanol–water partition coefficient (Wildman–Crippen LogP) is 18.6. The van der Waals surface area contributed by atoms with Crippen molar-refractivity contribution < 1.29 is 4.39 Å². The molecule has 0 heterocycles. The molecule has 1 aliphatic carbocycles. The van der Waals surface area contributed by atoms with Gasteiger partial charge in [-0.3, -0.25) is 0 Å². The van der Waals surface area contributed by atoms with Gasteiger partial charge in [0.15, 0.2) is 0 Å². The van der Waals surface area contributed by atoms with Crippen LogP contribution in [0.25, 0.3) is 77.9 Å². The van der Waals surface area contributed by atoms with Gasteiger partial charge in [0.25, 0.3) is 0 Å². The van der Waals surface area contributed by atoms with Crippen molar-refractivity contribution in [2.24, 2.45) is 0 Å². The highest BCUT2D eigenvalue weighted by atomic mass is 19.1. The van der Waals surface area contributed by atoms with Crippen molar-refractivity contribution in [3.63, 3.8) is 0 Å². The van der Waals surface area contributed by atoms with Crippen LogP contribution in [0.15, 0.2) is 267 Å². The van der Waals surface area contributed by atoms with Crippen LogP contribution in [-0.2, 0) is 5.41 Å². The van der Waals surface area contributed by atoms with Gasteiger partial charge in [-0.05, 0) is 154 Å². The Hall–Kier alpha value is -9.11. The first-order valence-corrected chi connectivity index (χ1v) is 24.3. The van der Waals surface area contributed by atoms with Crippen LogP contribution >= 0.6 is 0 Å². The Labute approximate surface area is 413 Å². The second kappa shape index (κ2) is 17.4. The second-order valence-electron chi connectivity index (χ2n) is 18.5. The standard InChI is InChI=1S/C69H46FN/c70-53-38-40-55(41-39-53)71(54-23-8-3-9-24-54)56-42-44-59-58-43-35-48(45-65(58)69(66(59)46-56,51-19-4-1-5-20-51)52-21-6-2-7-22-52)32-31-47-33-36-50(37-34-47)67-61-26-12-14-28-63(61)68(64-29-15-13-27-62(64)67)60-30-16-18-49-17-10-11-25-57(49)60/h1-46H. The molecular weight excluding hydrogens is 862 g/mol. The van der Waals surface area contributed by atoms with Crippen molar-refractivity contribution in [3.8, 4) is 33.4 Å². The maximum atomic E-state index is 14.4. The lowest BCUT2D eigenvalue weighted by Gasteiger charge is -2.35. The number of hydrogen-bond acceptors (Lipinski definition) is 1. The van der Waals surface area contributed by atoms with E-state index in [-0.39, 0.29) is 5.82 Å². The SMILES string of the molecule is Fc1ccc(N(c2ccccc2)c2ccc3c(c2)C(c2ccccc2)(c2ccccc2)c2cc(C=Cc4ccc(-c5c6ccccc6c(-c6cccc7ccccc67)c6ccccc56)cc4)ccc2-3)cc1. The van der Waals surface area contributed by atoms with E-state index in [1.54, 1.807) is 0 Å². The summed E-state index contributed by atoms with van der Waals surface area (Å²) >= 11 is 0. The number of para-hydroxylation sites is 1. The van der Waals surface area contributed by atoms with Gasteiger partial charge < -0.3 is 4.90 Å². The molecule has 0 spiro atoms.